The molecule has 3 heteroatoms. The van der Waals surface area contributed by atoms with Crippen molar-refractivity contribution < 1.29 is 4.74 Å². The number of piperidine rings is 1. The molecular formula is C13H28N2O. The molecule has 1 atom stereocenters. The van der Waals surface area contributed by atoms with Crippen molar-refractivity contribution in [2.75, 3.05) is 33.4 Å². The molecule has 0 aromatic rings. The lowest BCUT2D eigenvalue weighted by molar-refractivity contribution is 0.0732. The summed E-state index contributed by atoms with van der Waals surface area (Å²) >= 11 is 0. The summed E-state index contributed by atoms with van der Waals surface area (Å²) in [6.07, 6.45) is 2.65. The standard InChI is InChI=1S/C13H28N2O/c1-11(2)14-9-13-5-7-15(8-6-13)12(3)10-16-4/h11-14H,5-10H2,1-4H3. The van der Waals surface area contributed by atoms with Crippen LogP contribution in [-0.4, -0.2) is 50.3 Å². The van der Waals surface area contributed by atoms with Crippen LogP contribution in [0.15, 0.2) is 0 Å². The molecule has 1 heterocycles. The molecule has 0 aromatic heterocycles. The summed E-state index contributed by atoms with van der Waals surface area (Å²) in [5.41, 5.74) is 0. The molecule has 0 aliphatic carbocycles. The molecular weight excluding hydrogens is 200 g/mol. The van der Waals surface area contributed by atoms with Gasteiger partial charge in [-0.15, -0.1) is 0 Å². The van der Waals surface area contributed by atoms with Crippen LogP contribution in [0.3, 0.4) is 0 Å². The Morgan fingerprint density at radius 1 is 1.25 bits per heavy atom. The predicted octanol–water partition coefficient (Wildman–Crippen LogP) is 1.73. The lowest BCUT2D eigenvalue weighted by Crippen LogP contribution is -2.44. The van der Waals surface area contributed by atoms with Gasteiger partial charge in [0.25, 0.3) is 0 Å². The molecule has 0 spiro atoms. The van der Waals surface area contributed by atoms with Gasteiger partial charge in [-0.05, 0) is 45.3 Å². The largest absolute Gasteiger partial charge is 0.383 e. The van der Waals surface area contributed by atoms with Crippen molar-refractivity contribution >= 4 is 0 Å². The number of likely N-dealkylation sites (tertiary alicyclic amines) is 1. The Kier molecular flexibility index (Phi) is 6.32. The van der Waals surface area contributed by atoms with Crippen LogP contribution >= 0.6 is 0 Å². The highest BCUT2D eigenvalue weighted by Crippen LogP contribution is 2.18. The average Bonchev–Trinajstić information content (AvgIpc) is 2.27. The van der Waals surface area contributed by atoms with E-state index in [1.165, 1.54) is 32.5 Å². The van der Waals surface area contributed by atoms with E-state index in [9.17, 15) is 0 Å². The fourth-order valence-corrected chi connectivity index (χ4v) is 2.35. The number of nitrogens with one attached hydrogen (secondary N) is 1. The van der Waals surface area contributed by atoms with Gasteiger partial charge in [0, 0.05) is 19.2 Å². The van der Waals surface area contributed by atoms with E-state index in [-0.39, 0.29) is 0 Å². The van der Waals surface area contributed by atoms with E-state index in [0.29, 0.717) is 12.1 Å². The summed E-state index contributed by atoms with van der Waals surface area (Å²) in [5, 5.41) is 3.54. The first-order valence-corrected chi connectivity index (χ1v) is 6.59. The normalized spacial score (nSPS) is 21.6. The van der Waals surface area contributed by atoms with Gasteiger partial charge in [-0.1, -0.05) is 13.8 Å². The third-order valence-corrected chi connectivity index (χ3v) is 3.50. The fourth-order valence-electron chi connectivity index (χ4n) is 2.35. The zero-order chi connectivity index (χ0) is 12.0. The van der Waals surface area contributed by atoms with E-state index >= 15 is 0 Å². The maximum Gasteiger partial charge on any atom is 0.0615 e. The highest BCUT2D eigenvalue weighted by Gasteiger charge is 2.22. The van der Waals surface area contributed by atoms with Crippen molar-refractivity contribution in [3.63, 3.8) is 0 Å². The third kappa shape index (κ3) is 4.81. The molecule has 3 nitrogen and oxygen atoms in total. The summed E-state index contributed by atoms with van der Waals surface area (Å²) in [6.45, 7) is 11.2. The summed E-state index contributed by atoms with van der Waals surface area (Å²) in [6, 6.07) is 1.19. The van der Waals surface area contributed by atoms with Gasteiger partial charge >= 0.3 is 0 Å². The van der Waals surface area contributed by atoms with Crippen molar-refractivity contribution in [2.45, 2.75) is 45.7 Å². The van der Waals surface area contributed by atoms with Gasteiger partial charge in [0.2, 0.25) is 0 Å². The molecule has 0 saturated carbocycles. The monoisotopic (exact) mass is 228 g/mol. The minimum atomic E-state index is 0.573. The molecule has 0 bridgehead atoms. The fraction of sp³-hybridized carbons (Fsp3) is 1.00. The first-order valence-electron chi connectivity index (χ1n) is 6.59. The zero-order valence-corrected chi connectivity index (χ0v) is 11.3. The average molecular weight is 228 g/mol. The molecule has 1 rings (SSSR count). The predicted molar refractivity (Wildman–Crippen MR) is 68.8 cm³/mol. The third-order valence-electron chi connectivity index (χ3n) is 3.50. The Morgan fingerprint density at radius 3 is 2.38 bits per heavy atom. The van der Waals surface area contributed by atoms with E-state index in [0.717, 1.165) is 12.5 Å². The summed E-state index contributed by atoms with van der Waals surface area (Å²) < 4.78 is 5.21. The summed E-state index contributed by atoms with van der Waals surface area (Å²) in [7, 11) is 1.79. The molecule has 96 valence electrons. The molecule has 1 unspecified atom stereocenters. The van der Waals surface area contributed by atoms with Gasteiger partial charge in [-0.3, -0.25) is 4.90 Å². The van der Waals surface area contributed by atoms with E-state index in [1.54, 1.807) is 7.11 Å². The van der Waals surface area contributed by atoms with Crippen molar-refractivity contribution in [3.05, 3.63) is 0 Å². The number of hydrogen-bond acceptors (Lipinski definition) is 3. The number of nitrogens with zero attached hydrogens (tertiary/aromatic N) is 1. The second-order valence-electron chi connectivity index (χ2n) is 5.35. The highest BCUT2D eigenvalue weighted by molar-refractivity contribution is 4.77. The van der Waals surface area contributed by atoms with Crippen molar-refractivity contribution in [2.24, 2.45) is 5.92 Å². The van der Waals surface area contributed by atoms with Crippen molar-refractivity contribution in [1.29, 1.82) is 0 Å². The van der Waals surface area contributed by atoms with Crippen LogP contribution in [0.1, 0.15) is 33.6 Å². The lowest BCUT2D eigenvalue weighted by atomic mass is 9.95. The Morgan fingerprint density at radius 2 is 1.88 bits per heavy atom. The molecule has 0 radical (unpaired) electrons. The summed E-state index contributed by atoms with van der Waals surface area (Å²) in [4.78, 5) is 2.55. The van der Waals surface area contributed by atoms with Crippen LogP contribution in [0.5, 0.6) is 0 Å². The van der Waals surface area contributed by atoms with Gasteiger partial charge in [0.1, 0.15) is 0 Å². The Balaban J connectivity index is 2.18. The van der Waals surface area contributed by atoms with E-state index in [2.05, 4.69) is 31.0 Å². The lowest BCUT2D eigenvalue weighted by Gasteiger charge is -2.36. The Hall–Kier alpha value is -0.120. The van der Waals surface area contributed by atoms with Gasteiger partial charge in [0.15, 0.2) is 0 Å². The molecule has 0 amide bonds. The first kappa shape index (κ1) is 13.9. The second-order valence-corrected chi connectivity index (χ2v) is 5.35. The summed E-state index contributed by atoms with van der Waals surface area (Å²) in [5.74, 6) is 0.869. The first-order chi connectivity index (χ1) is 7.63. The van der Waals surface area contributed by atoms with Gasteiger partial charge in [-0.2, -0.15) is 0 Å². The molecule has 1 aliphatic heterocycles. The number of rotatable bonds is 6. The molecule has 1 aliphatic rings. The van der Waals surface area contributed by atoms with Crippen LogP contribution in [0.25, 0.3) is 0 Å². The smallest absolute Gasteiger partial charge is 0.0615 e. The van der Waals surface area contributed by atoms with Crippen molar-refractivity contribution in [3.8, 4) is 0 Å². The number of hydrogen-bond donors (Lipinski definition) is 1. The van der Waals surface area contributed by atoms with Crippen LogP contribution in [-0.2, 0) is 4.74 Å². The second kappa shape index (κ2) is 7.25. The van der Waals surface area contributed by atoms with Crippen LogP contribution in [0.4, 0.5) is 0 Å². The maximum atomic E-state index is 5.21. The Bertz CT molecular complexity index is 177. The van der Waals surface area contributed by atoms with Gasteiger partial charge in [0.05, 0.1) is 6.61 Å². The van der Waals surface area contributed by atoms with Gasteiger partial charge in [-0.25, -0.2) is 0 Å². The van der Waals surface area contributed by atoms with Crippen LogP contribution in [0.2, 0.25) is 0 Å². The molecule has 0 aromatic carbocycles. The zero-order valence-electron chi connectivity index (χ0n) is 11.3. The minimum Gasteiger partial charge on any atom is -0.383 e. The number of methoxy groups -OCH3 is 1. The van der Waals surface area contributed by atoms with E-state index in [1.807, 2.05) is 0 Å². The molecule has 1 fully saturated rings. The SMILES string of the molecule is COCC(C)N1CCC(CNC(C)C)CC1. The maximum absolute atomic E-state index is 5.21. The molecule has 1 N–H and O–H groups in total. The minimum absolute atomic E-state index is 0.573. The topological polar surface area (TPSA) is 24.5 Å². The highest BCUT2D eigenvalue weighted by atomic mass is 16.5. The number of ether oxygens (including phenoxy) is 1. The van der Waals surface area contributed by atoms with Crippen molar-refractivity contribution in [1.82, 2.24) is 10.2 Å². The van der Waals surface area contributed by atoms with E-state index < -0.39 is 0 Å². The molecule has 16 heavy (non-hydrogen) atoms. The van der Waals surface area contributed by atoms with Crippen LogP contribution < -0.4 is 5.32 Å². The quantitative estimate of drug-likeness (QED) is 0.749. The van der Waals surface area contributed by atoms with E-state index in [4.69, 9.17) is 4.74 Å². The Labute approximate surface area is 101 Å². The van der Waals surface area contributed by atoms with Crippen LogP contribution in [0, 0.1) is 5.92 Å². The molecule has 1 saturated heterocycles. The van der Waals surface area contributed by atoms with Gasteiger partial charge < -0.3 is 10.1 Å².